The van der Waals surface area contributed by atoms with Gasteiger partial charge >= 0.3 is 11.9 Å². The van der Waals surface area contributed by atoms with Gasteiger partial charge in [-0.2, -0.15) is 11.8 Å². The number of ether oxygens (including phenoxy) is 5. The number of fused-ring (bicyclic) bond motifs is 13. The van der Waals surface area contributed by atoms with E-state index < -0.39 is 35.1 Å². The standard InChI is InChI=1S/C42H45N3O9S/c1-19-14-24-27(33(47)34(19)49-6)31-32-39(55-7)29-28(38-36(51-18-52-38)20(2)35(29)53-21(3)46)25(45(32)41(4)16-42(24,5)44(31)17-41)15-50-40(48)30-37-23(12-13-43-30)22-10-8-9-11-26(22)54-37/h8-11,14,25,30-32,39,43,47H,12-13,15-18H2,1-7H3/t25-,30+,31-,32?,39+,41+,42?/m0/s1. The summed E-state index contributed by atoms with van der Waals surface area (Å²) in [4.78, 5) is 32.3. The Morgan fingerprint density at radius 3 is 2.64 bits per heavy atom. The van der Waals surface area contributed by atoms with Crippen molar-refractivity contribution >= 4 is 34.7 Å². The minimum atomic E-state index is -0.776. The summed E-state index contributed by atoms with van der Waals surface area (Å²) in [6, 6.07) is 8.23. The molecule has 12 nitrogen and oxygen atoms in total. The molecule has 0 saturated carbocycles. The number of piperazine rings is 1. The largest absolute Gasteiger partial charge is 0.504 e. The first-order valence-electron chi connectivity index (χ1n) is 19.0. The van der Waals surface area contributed by atoms with Crippen LogP contribution < -0.4 is 24.3 Å². The maximum absolute atomic E-state index is 14.4. The van der Waals surface area contributed by atoms with Crippen molar-refractivity contribution < 1.29 is 42.8 Å². The molecule has 6 aliphatic heterocycles. The zero-order chi connectivity index (χ0) is 38.3. The number of phenols is 1. The summed E-state index contributed by atoms with van der Waals surface area (Å²) in [6.07, 6.45) is 3.58. The van der Waals surface area contributed by atoms with Crippen molar-refractivity contribution in [2.24, 2.45) is 0 Å². The van der Waals surface area contributed by atoms with Crippen molar-refractivity contribution in [3.8, 4) is 28.7 Å². The van der Waals surface area contributed by atoms with Gasteiger partial charge in [-0.1, -0.05) is 18.2 Å². The van der Waals surface area contributed by atoms with E-state index in [1.807, 2.05) is 38.1 Å². The number of nitrogens with one attached hydrogen (secondary N) is 1. The molecule has 2 N–H and O–H groups in total. The number of aryl methyl sites for hydroxylation is 1. The van der Waals surface area contributed by atoms with Crippen LogP contribution in [-0.2, 0) is 26.3 Å². The van der Waals surface area contributed by atoms with Crippen molar-refractivity contribution in [2.75, 3.05) is 39.9 Å². The highest BCUT2D eigenvalue weighted by molar-refractivity contribution is 7.98. The SMILES string of the molecule is COc1c(C)cc2c(c1O)[C@H]1C3[C@H](SC)c4c(OC(C)=O)c(C)c5c(c4[C@H](COC(=O)[C@@H]4NCCc6c4oc4ccccc64)N3[C@@]3(C)CN1C2(C)C3)OCO5. The molecule has 55 heavy (non-hydrogen) atoms. The van der Waals surface area contributed by atoms with Crippen LogP contribution in [0.1, 0.15) is 95.3 Å². The van der Waals surface area contributed by atoms with Gasteiger partial charge in [0.15, 0.2) is 29.0 Å². The quantitative estimate of drug-likeness (QED) is 0.165. The molecule has 1 aromatic heterocycles. The third-order valence-electron chi connectivity index (χ3n) is 13.2. The molecule has 13 heteroatoms. The van der Waals surface area contributed by atoms with Crippen molar-refractivity contribution in [2.45, 2.75) is 88.0 Å². The predicted octanol–water partition coefficient (Wildman–Crippen LogP) is 6.43. The zero-order valence-corrected chi connectivity index (χ0v) is 32.8. The van der Waals surface area contributed by atoms with Crippen LogP contribution in [0.5, 0.6) is 28.7 Å². The number of rotatable bonds is 6. The molecule has 4 aromatic rings. The highest BCUT2D eigenvalue weighted by atomic mass is 32.2. The number of esters is 2. The summed E-state index contributed by atoms with van der Waals surface area (Å²) in [5.41, 5.74) is 6.13. The highest BCUT2D eigenvalue weighted by Crippen LogP contribution is 2.70. The number of hydrogen-bond donors (Lipinski definition) is 2. The van der Waals surface area contributed by atoms with Crippen LogP contribution in [0, 0.1) is 13.8 Å². The number of carbonyl (C=O) groups excluding carboxylic acids is 2. The normalized spacial score (nSPS) is 29.8. The minimum Gasteiger partial charge on any atom is -0.504 e. The maximum Gasteiger partial charge on any atom is 0.331 e. The van der Waals surface area contributed by atoms with E-state index in [-0.39, 0.29) is 36.5 Å². The number of methoxy groups -OCH3 is 1. The van der Waals surface area contributed by atoms with E-state index in [0.29, 0.717) is 40.9 Å². The van der Waals surface area contributed by atoms with Crippen LogP contribution >= 0.6 is 11.8 Å². The summed E-state index contributed by atoms with van der Waals surface area (Å²) in [5, 5.41) is 16.2. The lowest BCUT2D eigenvalue weighted by atomic mass is 9.73. The third kappa shape index (κ3) is 4.58. The second-order valence-corrected chi connectivity index (χ2v) is 17.3. The Morgan fingerprint density at radius 2 is 1.87 bits per heavy atom. The van der Waals surface area contributed by atoms with Crippen LogP contribution in [0.3, 0.4) is 0 Å². The minimum absolute atomic E-state index is 0.00929. The van der Waals surface area contributed by atoms with Crippen LogP contribution in [-0.4, -0.2) is 78.3 Å². The van der Waals surface area contributed by atoms with Gasteiger partial charge in [0.2, 0.25) is 6.79 Å². The van der Waals surface area contributed by atoms with Gasteiger partial charge in [0.1, 0.15) is 23.7 Å². The lowest BCUT2D eigenvalue weighted by molar-refractivity contribution is -0.153. The van der Waals surface area contributed by atoms with Gasteiger partial charge in [-0.25, -0.2) is 4.79 Å². The first-order valence-corrected chi connectivity index (χ1v) is 20.2. The van der Waals surface area contributed by atoms with E-state index in [2.05, 4.69) is 41.3 Å². The Labute approximate surface area is 323 Å². The van der Waals surface area contributed by atoms with Gasteiger partial charge in [0.05, 0.1) is 24.4 Å². The lowest BCUT2D eigenvalue weighted by Gasteiger charge is -2.59. The molecule has 288 valence electrons. The monoisotopic (exact) mass is 767 g/mol. The number of phenolic OH excluding ortho intramolecular Hbond substituents is 1. The Balaban J connectivity index is 1.16. The zero-order valence-electron chi connectivity index (χ0n) is 32.0. The summed E-state index contributed by atoms with van der Waals surface area (Å²) in [7, 11) is 1.59. The average Bonchev–Trinajstić information content (AvgIpc) is 3.90. The Kier molecular flexibility index (Phi) is 7.66. The first-order chi connectivity index (χ1) is 26.4. The van der Waals surface area contributed by atoms with Crippen molar-refractivity contribution in [3.05, 3.63) is 75.0 Å². The van der Waals surface area contributed by atoms with E-state index in [1.54, 1.807) is 18.9 Å². The molecule has 2 fully saturated rings. The molecule has 2 bridgehead atoms. The molecule has 2 unspecified atom stereocenters. The van der Waals surface area contributed by atoms with E-state index >= 15 is 0 Å². The number of benzene rings is 3. The second-order valence-electron chi connectivity index (χ2n) is 16.3. The van der Waals surface area contributed by atoms with Gasteiger partial charge < -0.3 is 33.2 Å². The molecule has 0 amide bonds. The number of hydrogen-bond acceptors (Lipinski definition) is 13. The number of furan rings is 1. The summed E-state index contributed by atoms with van der Waals surface area (Å²) in [6.45, 7) is 11.2. The lowest BCUT2D eigenvalue weighted by Crippen LogP contribution is -2.65. The highest BCUT2D eigenvalue weighted by Gasteiger charge is 2.70. The summed E-state index contributed by atoms with van der Waals surface area (Å²) < 4.78 is 37.1. The van der Waals surface area contributed by atoms with E-state index in [9.17, 15) is 14.7 Å². The molecule has 10 rings (SSSR count). The molecule has 0 radical (unpaired) electrons. The van der Waals surface area contributed by atoms with Gasteiger partial charge in [-0.05, 0) is 70.1 Å². The average molecular weight is 768 g/mol. The first kappa shape index (κ1) is 35.0. The number of para-hydroxylation sites is 1. The van der Waals surface area contributed by atoms with Gasteiger partial charge in [-0.3, -0.25) is 19.9 Å². The molecule has 0 spiro atoms. The summed E-state index contributed by atoms with van der Waals surface area (Å²) >= 11 is 1.67. The molecule has 7 atom stereocenters. The third-order valence-corrected chi connectivity index (χ3v) is 14.2. The molecule has 2 saturated heterocycles. The van der Waals surface area contributed by atoms with Crippen LogP contribution in [0.25, 0.3) is 11.0 Å². The molecule has 7 heterocycles. The topological polar surface area (TPSA) is 132 Å². The van der Waals surface area contributed by atoms with Gasteiger partial charge in [0, 0.05) is 70.3 Å². The number of carbonyl (C=O) groups is 2. The number of thioether (sulfide) groups is 1. The molecule has 3 aromatic carbocycles. The smallest absolute Gasteiger partial charge is 0.331 e. The molecular formula is C42H45N3O9S. The maximum atomic E-state index is 14.4. The Morgan fingerprint density at radius 1 is 1.09 bits per heavy atom. The molecular weight excluding hydrogens is 723 g/mol. The van der Waals surface area contributed by atoms with Crippen LogP contribution in [0.4, 0.5) is 0 Å². The van der Waals surface area contributed by atoms with Crippen molar-refractivity contribution in [1.29, 1.82) is 0 Å². The second kappa shape index (κ2) is 12.0. The number of aromatic hydroxyl groups is 1. The van der Waals surface area contributed by atoms with E-state index in [0.717, 1.165) is 63.7 Å². The van der Waals surface area contributed by atoms with Crippen LogP contribution in [0.15, 0.2) is 34.7 Å². The van der Waals surface area contributed by atoms with Gasteiger partial charge in [0.25, 0.3) is 0 Å². The fourth-order valence-electron chi connectivity index (χ4n) is 11.4. The molecule has 0 aliphatic carbocycles. The Hall–Kier alpha value is -4.43. The van der Waals surface area contributed by atoms with Crippen molar-refractivity contribution in [3.63, 3.8) is 0 Å². The van der Waals surface area contributed by atoms with Crippen LogP contribution in [0.2, 0.25) is 0 Å². The predicted molar refractivity (Wildman–Crippen MR) is 204 cm³/mol. The van der Waals surface area contributed by atoms with Gasteiger partial charge in [-0.15, -0.1) is 0 Å². The van der Waals surface area contributed by atoms with E-state index in [1.165, 1.54) is 6.92 Å². The Bertz CT molecular complexity index is 2340. The van der Waals surface area contributed by atoms with E-state index in [4.69, 9.17) is 28.1 Å². The van der Waals surface area contributed by atoms with Crippen molar-refractivity contribution in [1.82, 2.24) is 15.1 Å². The fraction of sp³-hybridized carbons (Fsp3) is 0.476. The number of nitrogens with zero attached hydrogens (tertiary/aromatic N) is 2. The molecule has 6 aliphatic rings. The fourth-order valence-corrected chi connectivity index (χ4v) is 12.4. The summed E-state index contributed by atoms with van der Waals surface area (Å²) in [5.74, 6) is 1.88.